The second-order valence-electron chi connectivity index (χ2n) is 7.95. The van der Waals surface area contributed by atoms with Gasteiger partial charge in [0.1, 0.15) is 5.54 Å². The molecule has 28 heavy (non-hydrogen) atoms. The van der Waals surface area contributed by atoms with Crippen molar-refractivity contribution in [2.45, 2.75) is 50.5 Å². The molecule has 1 aliphatic heterocycles. The van der Waals surface area contributed by atoms with Crippen molar-refractivity contribution in [2.75, 3.05) is 6.54 Å². The Hall–Kier alpha value is -2.47. The molecule has 1 aromatic carbocycles. The molecule has 3 aliphatic rings. The van der Waals surface area contributed by atoms with Crippen molar-refractivity contribution in [3.63, 3.8) is 0 Å². The SMILES string of the molecule is O=C(CN1C(=O)N[C@@]2(CCCc3sccc32)C1=O)c1ccc2c(c1)CCCC2. The van der Waals surface area contributed by atoms with E-state index in [2.05, 4.69) is 5.32 Å². The van der Waals surface area contributed by atoms with Gasteiger partial charge in [-0.25, -0.2) is 4.79 Å². The van der Waals surface area contributed by atoms with Crippen LogP contribution in [0.4, 0.5) is 4.79 Å². The van der Waals surface area contributed by atoms with Gasteiger partial charge in [0.05, 0.1) is 6.54 Å². The van der Waals surface area contributed by atoms with Gasteiger partial charge in [-0.15, -0.1) is 11.3 Å². The topological polar surface area (TPSA) is 66.5 Å². The number of carbonyl (C=O) groups is 3. The monoisotopic (exact) mass is 394 g/mol. The minimum atomic E-state index is -0.985. The molecule has 5 rings (SSSR count). The molecule has 6 heteroatoms. The van der Waals surface area contributed by atoms with Crippen LogP contribution in [-0.4, -0.2) is 29.2 Å². The standard InChI is InChI=1S/C22H22N2O3S/c25-18(16-8-7-14-4-1-2-5-15(14)12-16)13-24-20(26)22(23-21(24)27)10-3-6-19-17(22)9-11-28-19/h7-9,11-12H,1-6,10,13H2,(H,23,27)/t22-/m1/s1. The predicted molar refractivity (Wildman–Crippen MR) is 107 cm³/mol. The van der Waals surface area contributed by atoms with Gasteiger partial charge in [-0.3, -0.25) is 14.5 Å². The van der Waals surface area contributed by atoms with Crippen molar-refractivity contribution in [3.8, 4) is 0 Å². The Morgan fingerprint density at radius 3 is 2.75 bits per heavy atom. The molecule has 1 fully saturated rings. The van der Waals surface area contributed by atoms with E-state index in [4.69, 9.17) is 0 Å². The van der Waals surface area contributed by atoms with Crippen molar-refractivity contribution in [2.24, 2.45) is 0 Å². The van der Waals surface area contributed by atoms with Crippen molar-refractivity contribution in [1.29, 1.82) is 0 Å². The van der Waals surface area contributed by atoms with Crippen molar-refractivity contribution >= 4 is 29.1 Å². The first kappa shape index (κ1) is 17.6. The van der Waals surface area contributed by atoms with Crippen molar-refractivity contribution < 1.29 is 14.4 Å². The Morgan fingerprint density at radius 1 is 1.07 bits per heavy atom. The van der Waals surface area contributed by atoms with Crippen LogP contribution in [0.25, 0.3) is 0 Å². The van der Waals surface area contributed by atoms with Gasteiger partial charge in [0.25, 0.3) is 5.91 Å². The average Bonchev–Trinajstić information content (AvgIpc) is 3.28. The van der Waals surface area contributed by atoms with E-state index in [1.807, 2.05) is 29.6 Å². The van der Waals surface area contributed by atoms with Gasteiger partial charge < -0.3 is 5.32 Å². The summed E-state index contributed by atoms with van der Waals surface area (Å²) in [5.41, 5.74) is 3.04. The molecule has 2 heterocycles. The number of ketones is 1. The van der Waals surface area contributed by atoms with Crippen LogP contribution in [0, 0.1) is 0 Å². The first-order chi connectivity index (χ1) is 13.6. The van der Waals surface area contributed by atoms with E-state index < -0.39 is 11.6 Å². The summed E-state index contributed by atoms with van der Waals surface area (Å²) in [5.74, 6) is -0.474. The number of hydrogen-bond donors (Lipinski definition) is 1. The molecule has 0 bridgehead atoms. The summed E-state index contributed by atoms with van der Waals surface area (Å²) in [7, 11) is 0. The summed E-state index contributed by atoms with van der Waals surface area (Å²) >= 11 is 1.63. The minimum Gasteiger partial charge on any atom is -0.319 e. The van der Waals surface area contributed by atoms with Gasteiger partial charge in [-0.1, -0.05) is 12.1 Å². The van der Waals surface area contributed by atoms with Crippen LogP contribution in [0.1, 0.15) is 57.6 Å². The highest BCUT2D eigenvalue weighted by atomic mass is 32.1. The first-order valence-electron chi connectivity index (χ1n) is 9.94. The molecule has 144 valence electrons. The third-order valence-corrected chi connectivity index (χ3v) is 7.29. The Kier molecular flexibility index (Phi) is 4.12. The number of urea groups is 1. The number of rotatable bonds is 3. The third-order valence-electron chi connectivity index (χ3n) is 6.31. The molecule has 1 aromatic heterocycles. The fraction of sp³-hybridized carbons (Fsp3) is 0.409. The molecule has 3 amide bonds. The smallest absolute Gasteiger partial charge is 0.319 e. The predicted octanol–water partition coefficient (Wildman–Crippen LogP) is 3.59. The lowest BCUT2D eigenvalue weighted by Gasteiger charge is -2.31. The maximum absolute atomic E-state index is 13.2. The van der Waals surface area contributed by atoms with Gasteiger partial charge in [-0.05, 0) is 73.6 Å². The Bertz CT molecular complexity index is 995. The van der Waals surface area contributed by atoms with E-state index >= 15 is 0 Å². The van der Waals surface area contributed by atoms with E-state index in [0.717, 1.165) is 47.4 Å². The Balaban J connectivity index is 1.40. The van der Waals surface area contributed by atoms with Gasteiger partial charge in [0.2, 0.25) is 0 Å². The highest BCUT2D eigenvalue weighted by molar-refractivity contribution is 7.10. The zero-order valence-electron chi connectivity index (χ0n) is 15.6. The van der Waals surface area contributed by atoms with Gasteiger partial charge in [-0.2, -0.15) is 0 Å². The fourth-order valence-electron chi connectivity index (χ4n) is 4.83. The lowest BCUT2D eigenvalue weighted by molar-refractivity contribution is -0.131. The molecule has 5 nitrogen and oxygen atoms in total. The number of benzene rings is 1. The lowest BCUT2D eigenvalue weighted by atomic mass is 9.80. The van der Waals surface area contributed by atoms with Crippen LogP contribution in [0.3, 0.4) is 0 Å². The molecule has 0 radical (unpaired) electrons. The number of aryl methyl sites for hydroxylation is 3. The summed E-state index contributed by atoms with van der Waals surface area (Å²) < 4.78 is 0. The number of carbonyl (C=O) groups excluding carboxylic acids is 3. The van der Waals surface area contributed by atoms with Crippen molar-refractivity contribution in [1.82, 2.24) is 10.2 Å². The zero-order chi connectivity index (χ0) is 19.3. The van der Waals surface area contributed by atoms with Crippen LogP contribution < -0.4 is 5.32 Å². The van der Waals surface area contributed by atoms with Crippen LogP contribution in [-0.2, 0) is 29.6 Å². The number of thiophene rings is 1. The number of fused-ring (bicyclic) bond motifs is 3. The van der Waals surface area contributed by atoms with Gasteiger partial charge in [0, 0.05) is 16.0 Å². The van der Waals surface area contributed by atoms with E-state index in [1.54, 1.807) is 11.3 Å². The first-order valence-corrected chi connectivity index (χ1v) is 10.8. The minimum absolute atomic E-state index is 0.185. The number of nitrogens with zero attached hydrogens (tertiary/aromatic N) is 1. The molecule has 1 saturated heterocycles. The molecular weight excluding hydrogens is 372 g/mol. The summed E-state index contributed by atoms with van der Waals surface area (Å²) in [6, 6.07) is 7.27. The molecule has 1 spiro atoms. The summed E-state index contributed by atoms with van der Waals surface area (Å²) in [6.07, 6.45) is 6.76. The van der Waals surface area contributed by atoms with Crippen LogP contribution >= 0.6 is 11.3 Å². The summed E-state index contributed by atoms with van der Waals surface area (Å²) in [4.78, 5) is 41.0. The van der Waals surface area contributed by atoms with Crippen LogP contribution in [0.2, 0.25) is 0 Å². The van der Waals surface area contributed by atoms with E-state index in [0.29, 0.717) is 12.0 Å². The quantitative estimate of drug-likeness (QED) is 0.639. The van der Waals surface area contributed by atoms with Gasteiger partial charge in [0.15, 0.2) is 5.78 Å². The zero-order valence-corrected chi connectivity index (χ0v) is 16.4. The largest absolute Gasteiger partial charge is 0.325 e. The fourth-order valence-corrected chi connectivity index (χ4v) is 5.83. The highest BCUT2D eigenvalue weighted by Crippen LogP contribution is 2.42. The normalized spacial score (nSPS) is 23.5. The number of imide groups is 1. The van der Waals surface area contributed by atoms with E-state index in [1.165, 1.54) is 17.5 Å². The highest BCUT2D eigenvalue weighted by Gasteiger charge is 2.54. The third kappa shape index (κ3) is 2.62. The Labute approximate surface area is 167 Å². The molecular formula is C22H22N2O3S. The second kappa shape index (κ2) is 6.55. The molecule has 1 N–H and O–H groups in total. The summed E-state index contributed by atoms with van der Waals surface area (Å²) in [6.45, 7) is -0.204. The maximum atomic E-state index is 13.2. The van der Waals surface area contributed by atoms with Crippen LogP contribution in [0.15, 0.2) is 29.6 Å². The number of nitrogens with one attached hydrogen (secondary N) is 1. The van der Waals surface area contributed by atoms with Crippen molar-refractivity contribution in [3.05, 3.63) is 56.8 Å². The van der Waals surface area contributed by atoms with E-state index in [9.17, 15) is 14.4 Å². The summed E-state index contributed by atoms with van der Waals surface area (Å²) in [5, 5.41) is 4.88. The number of amides is 3. The maximum Gasteiger partial charge on any atom is 0.325 e. The number of hydrogen-bond acceptors (Lipinski definition) is 4. The average molecular weight is 394 g/mol. The second-order valence-corrected chi connectivity index (χ2v) is 8.95. The molecule has 2 aromatic rings. The molecule has 0 unspecified atom stereocenters. The van der Waals surface area contributed by atoms with Gasteiger partial charge >= 0.3 is 6.03 Å². The van der Waals surface area contributed by atoms with Crippen LogP contribution in [0.5, 0.6) is 0 Å². The molecule has 0 saturated carbocycles. The number of Topliss-reactive ketones (excluding diaryl/α,β-unsaturated/α-hetero) is 1. The molecule has 1 atom stereocenters. The lowest BCUT2D eigenvalue weighted by Crippen LogP contribution is -2.46. The van der Waals surface area contributed by atoms with E-state index in [-0.39, 0.29) is 18.2 Å². The molecule has 2 aliphatic carbocycles. The Morgan fingerprint density at radius 2 is 1.89 bits per heavy atom.